The first kappa shape index (κ1) is 20.7. The Morgan fingerprint density at radius 3 is 2.54 bits per heavy atom. The molecule has 1 aliphatic rings. The Labute approximate surface area is 172 Å². The fourth-order valence-electron chi connectivity index (χ4n) is 3.08. The molecule has 2 aromatic rings. The second kappa shape index (κ2) is 8.55. The molecule has 0 spiro atoms. The summed E-state index contributed by atoms with van der Waals surface area (Å²) >= 11 is 7.41. The Morgan fingerprint density at radius 1 is 1.25 bits per heavy atom. The summed E-state index contributed by atoms with van der Waals surface area (Å²) in [5.41, 5.74) is 0.668. The quantitative estimate of drug-likeness (QED) is 0.757. The maximum absolute atomic E-state index is 14.0. The molecule has 0 saturated carbocycles. The summed E-state index contributed by atoms with van der Waals surface area (Å²) in [5, 5.41) is 1.00. The lowest BCUT2D eigenvalue weighted by Crippen LogP contribution is -2.48. The van der Waals surface area contributed by atoms with E-state index in [0.717, 1.165) is 10.7 Å². The van der Waals surface area contributed by atoms with Gasteiger partial charge in [-0.15, -0.1) is 11.3 Å². The monoisotopic (exact) mass is 424 g/mol. The number of aromatic nitrogens is 1. The molecule has 1 saturated heterocycles. The average Bonchev–Trinajstić information content (AvgIpc) is 3.01. The van der Waals surface area contributed by atoms with Crippen molar-refractivity contribution in [1.82, 2.24) is 19.7 Å². The molecular formula is C19H22ClFN4O2S. The van der Waals surface area contributed by atoms with Gasteiger partial charge in [0.15, 0.2) is 0 Å². The van der Waals surface area contributed by atoms with E-state index in [0.29, 0.717) is 37.6 Å². The number of piperazine rings is 1. The zero-order valence-electron chi connectivity index (χ0n) is 16.0. The molecule has 28 heavy (non-hydrogen) atoms. The first-order chi connectivity index (χ1) is 13.3. The molecule has 0 radical (unpaired) electrons. The van der Waals surface area contributed by atoms with E-state index in [4.69, 9.17) is 11.6 Å². The SMILES string of the molecule is Cc1nc(CN2CCN(C(=O)c3c(F)cccc3Cl)CC2)sc1C(=O)N(C)C. The topological polar surface area (TPSA) is 56.8 Å². The minimum atomic E-state index is -0.601. The van der Waals surface area contributed by atoms with Crippen LogP contribution >= 0.6 is 22.9 Å². The number of carbonyl (C=O) groups excluding carboxylic acids is 2. The highest BCUT2D eigenvalue weighted by Gasteiger charge is 2.26. The molecule has 1 aromatic heterocycles. The Kier molecular flexibility index (Phi) is 6.32. The molecule has 6 nitrogen and oxygen atoms in total. The van der Waals surface area contributed by atoms with Crippen LogP contribution in [0.3, 0.4) is 0 Å². The van der Waals surface area contributed by atoms with Crippen LogP contribution in [0.25, 0.3) is 0 Å². The molecular weight excluding hydrogens is 403 g/mol. The van der Waals surface area contributed by atoms with Crippen LogP contribution in [0.2, 0.25) is 5.02 Å². The van der Waals surface area contributed by atoms with Crippen molar-refractivity contribution < 1.29 is 14.0 Å². The summed E-state index contributed by atoms with van der Waals surface area (Å²) in [6.45, 7) is 4.72. The minimum Gasteiger partial charge on any atom is -0.344 e. The minimum absolute atomic E-state index is 0.0431. The predicted octanol–water partition coefficient (Wildman–Crippen LogP) is 2.90. The van der Waals surface area contributed by atoms with Crippen molar-refractivity contribution in [2.45, 2.75) is 13.5 Å². The second-order valence-electron chi connectivity index (χ2n) is 6.89. The van der Waals surface area contributed by atoms with Gasteiger partial charge < -0.3 is 9.80 Å². The van der Waals surface area contributed by atoms with Crippen LogP contribution in [0, 0.1) is 12.7 Å². The molecule has 2 amide bonds. The Hall–Kier alpha value is -2.03. The maximum atomic E-state index is 14.0. The average molecular weight is 425 g/mol. The summed E-state index contributed by atoms with van der Waals surface area (Å²) in [6.07, 6.45) is 0. The van der Waals surface area contributed by atoms with E-state index in [-0.39, 0.29) is 22.4 Å². The van der Waals surface area contributed by atoms with Gasteiger partial charge in [-0.25, -0.2) is 9.37 Å². The van der Waals surface area contributed by atoms with Gasteiger partial charge in [0.25, 0.3) is 11.8 Å². The number of hydrogen-bond donors (Lipinski definition) is 0. The third kappa shape index (κ3) is 4.34. The number of amides is 2. The molecule has 1 aromatic carbocycles. The summed E-state index contributed by atoms with van der Waals surface area (Å²) in [7, 11) is 3.44. The van der Waals surface area contributed by atoms with Gasteiger partial charge in [-0.2, -0.15) is 0 Å². The highest BCUT2D eigenvalue weighted by atomic mass is 35.5. The number of thiazole rings is 1. The fourth-order valence-corrected chi connectivity index (χ4v) is 4.45. The number of hydrogen-bond acceptors (Lipinski definition) is 5. The summed E-state index contributed by atoms with van der Waals surface area (Å²) < 4.78 is 14.0. The van der Waals surface area contributed by atoms with Crippen molar-refractivity contribution in [3.63, 3.8) is 0 Å². The van der Waals surface area contributed by atoms with E-state index in [1.807, 2.05) is 6.92 Å². The third-order valence-electron chi connectivity index (χ3n) is 4.64. The van der Waals surface area contributed by atoms with E-state index in [1.54, 1.807) is 23.9 Å². The Balaban J connectivity index is 1.61. The van der Waals surface area contributed by atoms with Gasteiger partial charge in [0.2, 0.25) is 0 Å². The first-order valence-electron chi connectivity index (χ1n) is 8.91. The van der Waals surface area contributed by atoms with Crippen molar-refractivity contribution in [1.29, 1.82) is 0 Å². The fraction of sp³-hybridized carbons (Fsp3) is 0.421. The van der Waals surface area contributed by atoms with Crippen molar-refractivity contribution in [3.8, 4) is 0 Å². The zero-order valence-corrected chi connectivity index (χ0v) is 17.6. The number of rotatable bonds is 4. The number of carbonyl (C=O) groups is 2. The second-order valence-corrected chi connectivity index (χ2v) is 8.38. The highest BCUT2D eigenvalue weighted by molar-refractivity contribution is 7.13. The predicted molar refractivity (Wildman–Crippen MR) is 107 cm³/mol. The third-order valence-corrected chi connectivity index (χ3v) is 6.08. The van der Waals surface area contributed by atoms with Crippen molar-refractivity contribution in [2.24, 2.45) is 0 Å². The van der Waals surface area contributed by atoms with E-state index >= 15 is 0 Å². The molecule has 3 rings (SSSR count). The molecule has 2 heterocycles. The Morgan fingerprint density at radius 2 is 1.93 bits per heavy atom. The lowest BCUT2D eigenvalue weighted by Gasteiger charge is -2.34. The van der Waals surface area contributed by atoms with Crippen LogP contribution in [-0.4, -0.2) is 71.8 Å². The van der Waals surface area contributed by atoms with Gasteiger partial charge in [-0.1, -0.05) is 17.7 Å². The van der Waals surface area contributed by atoms with Crippen LogP contribution in [-0.2, 0) is 6.54 Å². The molecule has 0 bridgehead atoms. The lowest BCUT2D eigenvalue weighted by molar-refractivity contribution is 0.0624. The lowest BCUT2D eigenvalue weighted by atomic mass is 10.1. The molecule has 9 heteroatoms. The standard InChI is InChI=1S/C19H22ClFN4O2S/c1-12-17(19(27)23(2)3)28-15(22-12)11-24-7-9-25(10-8-24)18(26)16-13(20)5-4-6-14(16)21/h4-6H,7-11H2,1-3H3. The van der Waals surface area contributed by atoms with Gasteiger partial charge >= 0.3 is 0 Å². The van der Waals surface area contributed by atoms with E-state index in [2.05, 4.69) is 9.88 Å². The van der Waals surface area contributed by atoms with Gasteiger partial charge in [0, 0.05) is 40.3 Å². The maximum Gasteiger partial charge on any atom is 0.265 e. The normalized spacial score (nSPS) is 15.0. The van der Waals surface area contributed by atoms with Crippen molar-refractivity contribution >= 4 is 34.8 Å². The highest BCUT2D eigenvalue weighted by Crippen LogP contribution is 2.23. The van der Waals surface area contributed by atoms with Gasteiger partial charge in [0.1, 0.15) is 15.7 Å². The summed E-state index contributed by atoms with van der Waals surface area (Å²) in [4.78, 5) is 35.3. The van der Waals surface area contributed by atoms with Crippen LogP contribution in [0.4, 0.5) is 4.39 Å². The summed E-state index contributed by atoms with van der Waals surface area (Å²) in [5.74, 6) is -1.03. The number of halogens is 2. The van der Waals surface area contributed by atoms with Crippen LogP contribution < -0.4 is 0 Å². The molecule has 0 unspecified atom stereocenters. The number of benzene rings is 1. The van der Waals surface area contributed by atoms with E-state index < -0.39 is 5.82 Å². The van der Waals surface area contributed by atoms with Crippen LogP contribution in [0.5, 0.6) is 0 Å². The molecule has 1 fully saturated rings. The molecule has 0 atom stereocenters. The largest absolute Gasteiger partial charge is 0.344 e. The smallest absolute Gasteiger partial charge is 0.265 e. The zero-order chi connectivity index (χ0) is 20.4. The van der Waals surface area contributed by atoms with Gasteiger partial charge in [0.05, 0.1) is 22.8 Å². The van der Waals surface area contributed by atoms with Gasteiger partial charge in [-0.3, -0.25) is 14.5 Å². The molecule has 1 aliphatic heterocycles. The van der Waals surface area contributed by atoms with Gasteiger partial charge in [-0.05, 0) is 19.1 Å². The van der Waals surface area contributed by atoms with Crippen LogP contribution in [0.15, 0.2) is 18.2 Å². The molecule has 0 aliphatic carbocycles. The first-order valence-corrected chi connectivity index (χ1v) is 10.1. The molecule has 0 N–H and O–H groups in total. The van der Waals surface area contributed by atoms with Crippen molar-refractivity contribution in [2.75, 3.05) is 40.3 Å². The summed E-state index contributed by atoms with van der Waals surface area (Å²) in [6, 6.07) is 4.25. The van der Waals surface area contributed by atoms with Crippen LogP contribution in [0.1, 0.15) is 30.7 Å². The van der Waals surface area contributed by atoms with E-state index in [1.165, 1.54) is 29.5 Å². The van der Waals surface area contributed by atoms with Crippen molar-refractivity contribution in [3.05, 3.63) is 50.2 Å². The Bertz CT molecular complexity index is 874. The molecule has 150 valence electrons. The number of aryl methyl sites for hydroxylation is 1. The number of nitrogens with zero attached hydrogens (tertiary/aromatic N) is 4. The van der Waals surface area contributed by atoms with E-state index in [9.17, 15) is 14.0 Å².